The standard InChI is InChI=1S/C17H29NO2/c1-13(2)11-15-5-7-16(8-6-15)14(3)18-17(9-10-19)12-20-4/h5-8,13-14,17-19H,9-12H2,1-4H3. The quantitative estimate of drug-likeness (QED) is 0.730. The number of nitrogens with one attached hydrogen (secondary N) is 1. The zero-order valence-electron chi connectivity index (χ0n) is 13.2. The molecular weight excluding hydrogens is 250 g/mol. The van der Waals surface area contributed by atoms with Crippen LogP contribution in [-0.2, 0) is 11.2 Å². The average Bonchev–Trinajstić information content (AvgIpc) is 2.39. The summed E-state index contributed by atoms with van der Waals surface area (Å²) in [5.41, 5.74) is 2.66. The third-order valence-corrected chi connectivity index (χ3v) is 3.45. The zero-order valence-corrected chi connectivity index (χ0v) is 13.2. The van der Waals surface area contributed by atoms with Gasteiger partial charge in [0.2, 0.25) is 0 Å². The molecule has 0 bridgehead atoms. The second-order valence-corrected chi connectivity index (χ2v) is 5.89. The smallest absolute Gasteiger partial charge is 0.0616 e. The van der Waals surface area contributed by atoms with Gasteiger partial charge in [0.25, 0.3) is 0 Å². The SMILES string of the molecule is COCC(CCO)NC(C)c1ccc(CC(C)C)cc1. The van der Waals surface area contributed by atoms with Gasteiger partial charge in [-0.15, -0.1) is 0 Å². The van der Waals surface area contributed by atoms with E-state index in [0.29, 0.717) is 18.9 Å². The summed E-state index contributed by atoms with van der Waals surface area (Å²) in [6.07, 6.45) is 1.84. The van der Waals surface area contributed by atoms with E-state index in [9.17, 15) is 0 Å². The summed E-state index contributed by atoms with van der Waals surface area (Å²) < 4.78 is 5.18. The van der Waals surface area contributed by atoms with Gasteiger partial charge >= 0.3 is 0 Å². The molecule has 0 aliphatic rings. The molecule has 2 unspecified atom stereocenters. The van der Waals surface area contributed by atoms with Gasteiger partial charge in [-0.05, 0) is 36.8 Å². The van der Waals surface area contributed by atoms with Crippen molar-refractivity contribution in [2.24, 2.45) is 5.92 Å². The largest absolute Gasteiger partial charge is 0.396 e. The van der Waals surface area contributed by atoms with E-state index in [1.807, 2.05) is 0 Å². The molecule has 0 radical (unpaired) electrons. The first kappa shape index (κ1) is 17.2. The molecule has 0 amide bonds. The van der Waals surface area contributed by atoms with Crippen molar-refractivity contribution in [2.75, 3.05) is 20.3 Å². The molecule has 0 spiro atoms. The number of aliphatic hydroxyl groups is 1. The highest BCUT2D eigenvalue weighted by Gasteiger charge is 2.13. The molecule has 1 rings (SSSR count). The lowest BCUT2D eigenvalue weighted by atomic mass is 9.99. The van der Waals surface area contributed by atoms with Gasteiger partial charge in [0, 0.05) is 25.8 Å². The third kappa shape index (κ3) is 6.04. The number of aliphatic hydroxyl groups excluding tert-OH is 1. The van der Waals surface area contributed by atoms with Crippen LogP contribution < -0.4 is 5.32 Å². The molecule has 0 aromatic heterocycles. The van der Waals surface area contributed by atoms with E-state index in [-0.39, 0.29) is 18.7 Å². The van der Waals surface area contributed by atoms with Crippen molar-refractivity contribution < 1.29 is 9.84 Å². The Bertz CT molecular complexity index is 356. The molecule has 114 valence electrons. The van der Waals surface area contributed by atoms with Crippen LogP contribution in [0.3, 0.4) is 0 Å². The summed E-state index contributed by atoms with van der Waals surface area (Å²) >= 11 is 0. The monoisotopic (exact) mass is 279 g/mol. The topological polar surface area (TPSA) is 41.5 Å². The molecule has 0 heterocycles. The van der Waals surface area contributed by atoms with Crippen LogP contribution in [0.2, 0.25) is 0 Å². The fourth-order valence-electron chi connectivity index (χ4n) is 2.44. The maximum Gasteiger partial charge on any atom is 0.0616 e. The molecule has 2 atom stereocenters. The minimum atomic E-state index is 0.182. The molecule has 1 aromatic rings. The maximum atomic E-state index is 9.07. The predicted octanol–water partition coefficient (Wildman–Crippen LogP) is 2.93. The maximum absolute atomic E-state index is 9.07. The van der Waals surface area contributed by atoms with Crippen LogP contribution in [0.15, 0.2) is 24.3 Å². The van der Waals surface area contributed by atoms with Crippen LogP contribution in [0.1, 0.15) is 44.4 Å². The van der Waals surface area contributed by atoms with Crippen molar-refractivity contribution in [3.8, 4) is 0 Å². The Labute approximate surface area is 123 Å². The van der Waals surface area contributed by atoms with Crippen LogP contribution in [0.5, 0.6) is 0 Å². The molecule has 0 fully saturated rings. The van der Waals surface area contributed by atoms with Crippen LogP contribution in [-0.4, -0.2) is 31.5 Å². The molecule has 3 heteroatoms. The number of hydrogen-bond acceptors (Lipinski definition) is 3. The lowest BCUT2D eigenvalue weighted by Crippen LogP contribution is -2.36. The Hall–Kier alpha value is -0.900. The zero-order chi connectivity index (χ0) is 15.0. The van der Waals surface area contributed by atoms with Crippen molar-refractivity contribution in [1.29, 1.82) is 0 Å². The van der Waals surface area contributed by atoms with Crippen molar-refractivity contribution in [3.63, 3.8) is 0 Å². The van der Waals surface area contributed by atoms with Crippen molar-refractivity contribution in [2.45, 2.75) is 45.7 Å². The van der Waals surface area contributed by atoms with E-state index in [0.717, 1.165) is 6.42 Å². The van der Waals surface area contributed by atoms with Crippen molar-refractivity contribution in [3.05, 3.63) is 35.4 Å². The summed E-state index contributed by atoms with van der Waals surface area (Å²) in [6.45, 7) is 7.43. The summed E-state index contributed by atoms with van der Waals surface area (Å²) in [5, 5.41) is 12.6. The molecular formula is C17H29NO2. The Morgan fingerprint density at radius 1 is 1.15 bits per heavy atom. The van der Waals surface area contributed by atoms with Gasteiger partial charge in [0.1, 0.15) is 0 Å². The lowest BCUT2D eigenvalue weighted by molar-refractivity contribution is 0.143. The minimum absolute atomic E-state index is 0.182. The van der Waals surface area contributed by atoms with Crippen molar-refractivity contribution in [1.82, 2.24) is 5.32 Å². The summed E-state index contributed by atoms with van der Waals surface area (Å²) in [5.74, 6) is 0.687. The van der Waals surface area contributed by atoms with Gasteiger partial charge in [0.15, 0.2) is 0 Å². The predicted molar refractivity (Wildman–Crippen MR) is 83.9 cm³/mol. The van der Waals surface area contributed by atoms with E-state index >= 15 is 0 Å². The van der Waals surface area contributed by atoms with Crippen molar-refractivity contribution >= 4 is 0 Å². The van der Waals surface area contributed by atoms with Crippen LogP contribution in [0.25, 0.3) is 0 Å². The van der Waals surface area contributed by atoms with Gasteiger partial charge < -0.3 is 15.2 Å². The first-order valence-electron chi connectivity index (χ1n) is 7.51. The van der Waals surface area contributed by atoms with E-state index in [1.54, 1.807) is 7.11 Å². The molecule has 0 saturated heterocycles. The van der Waals surface area contributed by atoms with Crippen LogP contribution in [0, 0.1) is 5.92 Å². The van der Waals surface area contributed by atoms with E-state index < -0.39 is 0 Å². The summed E-state index contributed by atoms with van der Waals surface area (Å²) in [4.78, 5) is 0. The first-order chi connectivity index (χ1) is 9.56. The Morgan fingerprint density at radius 3 is 2.30 bits per heavy atom. The fraction of sp³-hybridized carbons (Fsp3) is 0.647. The molecule has 2 N–H and O–H groups in total. The highest BCUT2D eigenvalue weighted by atomic mass is 16.5. The average molecular weight is 279 g/mol. The summed E-state index contributed by atoms with van der Waals surface area (Å²) in [6, 6.07) is 9.26. The lowest BCUT2D eigenvalue weighted by Gasteiger charge is -2.22. The van der Waals surface area contributed by atoms with Crippen LogP contribution in [0.4, 0.5) is 0 Å². The second-order valence-electron chi connectivity index (χ2n) is 5.89. The molecule has 20 heavy (non-hydrogen) atoms. The summed E-state index contributed by atoms with van der Waals surface area (Å²) in [7, 11) is 1.69. The Kier molecular flexibility index (Phi) is 7.82. The molecule has 3 nitrogen and oxygen atoms in total. The van der Waals surface area contributed by atoms with Gasteiger partial charge in [-0.1, -0.05) is 38.1 Å². The van der Waals surface area contributed by atoms with E-state index in [2.05, 4.69) is 50.4 Å². The first-order valence-corrected chi connectivity index (χ1v) is 7.51. The van der Waals surface area contributed by atoms with Gasteiger partial charge in [-0.2, -0.15) is 0 Å². The van der Waals surface area contributed by atoms with Gasteiger partial charge in [-0.3, -0.25) is 0 Å². The number of ether oxygens (including phenoxy) is 1. The molecule has 0 saturated carbocycles. The van der Waals surface area contributed by atoms with E-state index in [4.69, 9.17) is 9.84 Å². The highest BCUT2D eigenvalue weighted by molar-refractivity contribution is 5.25. The highest BCUT2D eigenvalue weighted by Crippen LogP contribution is 2.16. The minimum Gasteiger partial charge on any atom is -0.396 e. The van der Waals surface area contributed by atoms with Crippen LogP contribution >= 0.6 is 0 Å². The van der Waals surface area contributed by atoms with Gasteiger partial charge in [0.05, 0.1) is 6.61 Å². The number of rotatable bonds is 9. The van der Waals surface area contributed by atoms with Gasteiger partial charge in [-0.25, -0.2) is 0 Å². The third-order valence-electron chi connectivity index (χ3n) is 3.45. The van der Waals surface area contributed by atoms with E-state index in [1.165, 1.54) is 11.1 Å². The molecule has 0 aliphatic carbocycles. The molecule has 0 aliphatic heterocycles. The number of methoxy groups -OCH3 is 1. The molecule has 1 aromatic carbocycles. The fourth-order valence-corrected chi connectivity index (χ4v) is 2.44. The Morgan fingerprint density at radius 2 is 1.80 bits per heavy atom. The second kappa shape index (κ2) is 9.11. The normalized spacial score (nSPS) is 14.5. The number of benzene rings is 1. The Balaban J connectivity index is 2.59. The number of hydrogen-bond donors (Lipinski definition) is 2.